The molecule has 23 heavy (non-hydrogen) atoms. The Balaban J connectivity index is 1.50. The number of hydrogen-bond donors (Lipinski definition) is 1. The van der Waals surface area contributed by atoms with Gasteiger partial charge in [-0.3, -0.25) is 9.97 Å². The maximum Gasteiger partial charge on any atom is 0.180 e. The predicted octanol–water partition coefficient (Wildman–Crippen LogP) is 3.24. The summed E-state index contributed by atoms with van der Waals surface area (Å²) in [6.45, 7) is 0. The number of nitrogens with zero attached hydrogens (tertiary/aromatic N) is 4. The molecule has 2 atom stereocenters. The van der Waals surface area contributed by atoms with Crippen LogP contribution in [0.4, 0.5) is 5.82 Å². The molecule has 0 aliphatic heterocycles. The molecule has 3 aromatic rings. The average molecular weight is 305 g/mol. The summed E-state index contributed by atoms with van der Waals surface area (Å²) in [5.74, 6) is 1.49. The highest BCUT2D eigenvalue weighted by Gasteiger charge is 2.27. The first-order valence-corrected chi connectivity index (χ1v) is 8.13. The summed E-state index contributed by atoms with van der Waals surface area (Å²) >= 11 is 0. The van der Waals surface area contributed by atoms with Crippen LogP contribution < -0.4 is 5.32 Å². The fourth-order valence-corrected chi connectivity index (χ4v) is 3.38. The second-order valence-corrected chi connectivity index (χ2v) is 6.06. The molecule has 3 aromatic heterocycles. The Labute approximate surface area is 135 Å². The molecule has 0 spiro atoms. The van der Waals surface area contributed by atoms with Crippen molar-refractivity contribution in [1.29, 1.82) is 0 Å². The van der Waals surface area contributed by atoms with Crippen molar-refractivity contribution < 1.29 is 0 Å². The van der Waals surface area contributed by atoms with E-state index in [1.54, 1.807) is 12.4 Å². The molecule has 5 nitrogen and oxygen atoms in total. The van der Waals surface area contributed by atoms with Gasteiger partial charge in [0.1, 0.15) is 11.3 Å². The molecule has 1 saturated carbocycles. The maximum atomic E-state index is 4.58. The number of rotatable bonds is 4. The van der Waals surface area contributed by atoms with Crippen molar-refractivity contribution in [2.24, 2.45) is 5.92 Å². The zero-order chi connectivity index (χ0) is 15.5. The summed E-state index contributed by atoms with van der Waals surface area (Å²) in [5, 5.41) is 3.60. The van der Waals surface area contributed by atoms with Crippen LogP contribution in [-0.4, -0.2) is 26.0 Å². The number of aromatic nitrogens is 4. The van der Waals surface area contributed by atoms with Crippen LogP contribution in [0.5, 0.6) is 0 Å². The Hall–Kier alpha value is -2.56. The van der Waals surface area contributed by atoms with Crippen LogP contribution in [0.15, 0.2) is 48.9 Å². The van der Waals surface area contributed by atoms with Crippen molar-refractivity contribution >= 4 is 17.0 Å². The summed E-state index contributed by atoms with van der Waals surface area (Å²) in [6, 6.07) is 10.5. The first-order chi connectivity index (χ1) is 11.4. The second-order valence-electron chi connectivity index (χ2n) is 6.06. The van der Waals surface area contributed by atoms with E-state index >= 15 is 0 Å². The Morgan fingerprint density at radius 1 is 0.957 bits per heavy atom. The van der Waals surface area contributed by atoms with E-state index in [0.717, 1.165) is 17.8 Å². The van der Waals surface area contributed by atoms with Crippen LogP contribution >= 0.6 is 0 Å². The van der Waals surface area contributed by atoms with Crippen molar-refractivity contribution in [2.75, 3.05) is 5.32 Å². The van der Waals surface area contributed by atoms with Crippen molar-refractivity contribution in [3.05, 3.63) is 54.6 Å². The Kier molecular flexibility index (Phi) is 3.84. The van der Waals surface area contributed by atoms with E-state index in [2.05, 4.69) is 37.4 Å². The molecule has 0 saturated heterocycles. The molecule has 0 aromatic carbocycles. The van der Waals surface area contributed by atoms with E-state index in [1.165, 1.54) is 25.0 Å². The first kappa shape index (κ1) is 14.1. The number of fused-ring (bicyclic) bond motifs is 1. The van der Waals surface area contributed by atoms with Crippen molar-refractivity contribution in [3.8, 4) is 0 Å². The molecule has 0 amide bonds. The molecule has 1 N–H and O–H groups in total. The molecule has 1 aliphatic carbocycles. The van der Waals surface area contributed by atoms with Gasteiger partial charge in [-0.1, -0.05) is 12.5 Å². The van der Waals surface area contributed by atoms with Crippen LogP contribution in [0.25, 0.3) is 11.2 Å². The van der Waals surface area contributed by atoms with Crippen molar-refractivity contribution in [3.63, 3.8) is 0 Å². The normalized spacial score (nSPS) is 20.7. The molecule has 116 valence electrons. The lowest BCUT2D eigenvalue weighted by Crippen LogP contribution is -2.26. The molecule has 0 bridgehead atoms. The molecular formula is C18H19N5. The van der Waals surface area contributed by atoms with Gasteiger partial charge in [-0.25, -0.2) is 9.97 Å². The average Bonchev–Trinajstić information content (AvgIpc) is 3.02. The van der Waals surface area contributed by atoms with Gasteiger partial charge in [0.2, 0.25) is 0 Å². The monoisotopic (exact) mass is 305 g/mol. The van der Waals surface area contributed by atoms with Crippen LogP contribution in [0.3, 0.4) is 0 Å². The van der Waals surface area contributed by atoms with Gasteiger partial charge >= 0.3 is 0 Å². The fourth-order valence-electron chi connectivity index (χ4n) is 3.38. The highest BCUT2D eigenvalue weighted by atomic mass is 15.0. The molecule has 2 unspecified atom stereocenters. The minimum Gasteiger partial charge on any atom is -0.367 e. The summed E-state index contributed by atoms with van der Waals surface area (Å²) < 4.78 is 0. The third-order valence-corrected chi connectivity index (χ3v) is 4.52. The van der Waals surface area contributed by atoms with Crippen LogP contribution in [0, 0.1) is 5.92 Å². The summed E-state index contributed by atoms with van der Waals surface area (Å²) in [6.07, 6.45) is 9.93. The summed E-state index contributed by atoms with van der Waals surface area (Å²) in [5.41, 5.74) is 2.69. The molecule has 4 rings (SSSR count). The Bertz CT molecular complexity index is 790. The van der Waals surface area contributed by atoms with Crippen LogP contribution in [-0.2, 0) is 6.42 Å². The second kappa shape index (κ2) is 6.28. The molecule has 1 aliphatic rings. The Morgan fingerprint density at radius 3 is 2.83 bits per heavy atom. The van der Waals surface area contributed by atoms with E-state index in [1.807, 2.05) is 24.4 Å². The fraction of sp³-hybridized carbons (Fsp3) is 0.333. The number of anilines is 1. The van der Waals surface area contributed by atoms with Crippen LogP contribution in [0.2, 0.25) is 0 Å². The minimum atomic E-state index is 0.443. The maximum absolute atomic E-state index is 4.58. The highest BCUT2D eigenvalue weighted by molar-refractivity contribution is 5.71. The van der Waals surface area contributed by atoms with Gasteiger partial charge in [-0.05, 0) is 49.4 Å². The van der Waals surface area contributed by atoms with Gasteiger partial charge in [0.15, 0.2) is 5.65 Å². The third-order valence-electron chi connectivity index (χ3n) is 4.52. The van der Waals surface area contributed by atoms with E-state index in [-0.39, 0.29) is 0 Å². The van der Waals surface area contributed by atoms with Gasteiger partial charge in [0, 0.05) is 30.3 Å². The number of hydrogen-bond acceptors (Lipinski definition) is 5. The van der Waals surface area contributed by atoms with Gasteiger partial charge < -0.3 is 5.32 Å². The standard InChI is InChI=1S/C18H19N5/c1-2-9-19-14(5-1)12-13-4-3-6-15(13)22-17-8-7-16-18(23-17)21-11-10-20-16/h1-2,5,7-11,13,15H,3-4,6,12H2,(H,21,22,23). The SMILES string of the molecule is c1ccc(CC2CCCC2Nc2ccc3nccnc3n2)nc1. The molecule has 0 radical (unpaired) electrons. The quantitative estimate of drug-likeness (QED) is 0.801. The summed E-state index contributed by atoms with van der Waals surface area (Å²) in [4.78, 5) is 17.6. The molecular weight excluding hydrogens is 286 g/mol. The first-order valence-electron chi connectivity index (χ1n) is 8.13. The molecule has 3 heterocycles. The van der Waals surface area contributed by atoms with Gasteiger partial charge in [-0.2, -0.15) is 0 Å². The lowest BCUT2D eigenvalue weighted by molar-refractivity contribution is 0.496. The van der Waals surface area contributed by atoms with E-state index in [9.17, 15) is 0 Å². The van der Waals surface area contributed by atoms with Crippen molar-refractivity contribution in [1.82, 2.24) is 19.9 Å². The van der Waals surface area contributed by atoms with E-state index < -0.39 is 0 Å². The largest absolute Gasteiger partial charge is 0.367 e. The lowest BCUT2D eigenvalue weighted by atomic mass is 9.97. The minimum absolute atomic E-state index is 0.443. The Morgan fingerprint density at radius 2 is 1.91 bits per heavy atom. The molecule has 1 fully saturated rings. The van der Waals surface area contributed by atoms with Crippen molar-refractivity contribution in [2.45, 2.75) is 31.7 Å². The highest BCUT2D eigenvalue weighted by Crippen LogP contribution is 2.30. The van der Waals surface area contributed by atoms with E-state index in [0.29, 0.717) is 17.6 Å². The summed E-state index contributed by atoms with van der Waals surface area (Å²) in [7, 11) is 0. The topological polar surface area (TPSA) is 63.6 Å². The number of nitrogens with one attached hydrogen (secondary N) is 1. The zero-order valence-electron chi connectivity index (χ0n) is 12.9. The third kappa shape index (κ3) is 3.13. The zero-order valence-corrected chi connectivity index (χ0v) is 12.9. The van der Waals surface area contributed by atoms with Gasteiger partial charge in [-0.15, -0.1) is 0 Å². The van der Waals surface area contributed by atoms with Gasteiger partial charge in [0.25, 0.3) is 0 Å². The number of pyridine rings is 2. The molecule has 5 heteroatoms. The van der Waals surface area contributed by atoms with E-state index in [4.69, 9.17) is 0 Å². The predicted molar refractivity (Wildman–Crippen MR) is 90.0 cm³/mol. The van der Waals surface area contributed by atoms with Crippen LogP contribution in [0.1, 0.15) is 25.0 Å². The lowest BCUT2D eigenvalue weighted by Gasteiger charge is -2.21. The smallest absolute Gasteiger partial charge is 0.180 e. The van der Waals surface area contributed by atoms with Gasteiger partial charge in [0.05, 0.1) is 0 Å².